The van der Waals surface area contributed by atoms with Crippen molar-refractivity contribution in [3.05, 3.63) is 71.7 Å². The number of fused-ring (bicyclic) bond motifs is 1. The molecule has 0 bridgehead atoms. The van der Waals surface area contributed by atoms with Gasteiger partial charge in [-0.25, -0.2) is 0 Å². The van der Waals surface area contributed by atoms with Crippen LogP contribution in [-0.2, 0) is 0 Å². The predicted molar refractivity (Wildman–Crippen MR) is 87.3 cm³/mol. The highest BCUT2D eigenvalue weighted by Gasteiger charge is 2.18. The molecule has 1 heterocycles. The minimum atomic E-state index is -0.0337. The van der Waals surface area contributed by atoms with Crippen LogP contribution in [-0.4, -0.2) is 15.8 Å². The topological polar surface area (TPSA) is 43.8 Å². The molecule has 0 amide bonds. The molecule has 107 valence electrons. The SMILES string of the molecule is CC(N)[CH]C(c1ccc(Cl)cc1)n1ncc2ccccc21. The Labute approximate surface area is 129 Å². The van der Waals surface area contributed by atoms with Gasteiger partial charge in [0, 0.05) is 22.9 Å². The molecule has 4 heteroatoms. The van der Waals surface area contributed by atoms with Gasteiger partial charge in [-0.15, -0.1) is 0 Å². The van der Waals surface area contributed by atoms with Crippen molar-refractivity contribution in [1.82, 2.24) is 9.78 Å². The average Bonchev–Trinajstić information content (AvgIpc) is 2.89. The first-order valence-electron chi connectivity index (χ1n) is 6.93. The molecule has 0 aliphatic carbocycles. The van der Waals surface area contributed by atoms with Crippen molar-refractivity contribution in [2.24, 2.45) is 5.73 Å². The largest absolute Gasteiger partial charge is 0.328 e. The monoisotopic (exact) mass is 298 g/mol. The second-order valence-corrected chi connectivity index (χ2v) is 5.63. The second-order valence-electron chi connectivity index (χ2n) is 5.20. The summed E-state index contributed by atoms with van der Waals surface area (Å²) in [7, 11) is 0. The van der Waals surface area contributed by atoms with Gasteiger partial charge in [-0.1, -0.05) is 41.9 Å². The normalized spacial score (nSPS) is 14.2. The zero-order chi connectivity index (χ0) is 14.8. The summed E-state index contributed by atoms with van der Waals surface area (Å²) in [6, 6.07) is 15.9. The quantitative estimate of drug-likeness (QED) is 0.795. The summed E-state index contributed by atoms with van der Waals surface area (Å²) in [5, 5.41) is 6.39. The van der Waals surface area contributed by atoms with Crippen LogP contribution in [0.5, 0.6) is 0 Å². The third-order valence-corrected chi connectivity index (χ3v) is 3.72. The lowest BCUT2D eigenvalue weighted by atomic mass is 10.0. The van der Waals surface area contributed by atoms with Gasteiger partial charge in [0.15, 0.2) is 0 Å². The van der Waals surface area contributed by atoms with Crippen molar-refractivity contribution in [2.75, 3.05) is 0 Å². The first-order chi connectivity index (χ1) is 10.1. The predicted octanol–water partition coefficient (Wildman–Crippen LogP) is 3.83. The Balaban J connectivity index is 2.08. The average molecular weight is 299 g/mol. The highest BCUT2D eigenvalue weighted by Crippen LogP contribution is 2.27. The number of rotatable bonds is 4. The molecule has 21 heavy (non-hydrogen) atoms. The molecule has 3 aromatic rings. The van der Waals surface area contributed by atoms with Crippen LogP contribution >= 0.6 is 11.6 Å². The zero-order valence-electron chi connectivity index (χ0n) is 11.8. The Bertz CT molecular complexity index is 731. The molecular formula is C17H17ClN3. The van der Waals surface area contributed by atoms with Gasteiger partial charge in [0.2, 0.25) is 0 Å². The van der Waals surface area contributed by atoms with E-state index in [9.17, 15) is 0 Å². The number of hydrogen-bond acceptors (Lipinski definition) is 2. The highest BCUT2D eigenvalue weighted by atomic mass is 35.5. The van der Waals surface area contributed by atoms with Crippen molar-refractivity contribution in [1.29, 1.82) is 0 Å². The summed E-state index contributed by atoms with van der Waals surface area (Å²) >= 11 is 5.98. The Morgan fingerprint density at radius 3 is 2.57 bits per heavy atom. The summed E-state index contributed by atoms with van der Waals surface area (Å²) < 4.78 is 2.00. The van der Waals surface area contributed by atoms with Crippen LogP contribution in [0.15, 0.2) is 54.7 Å². The van der Waals surface area contributed by atoms with Crippen LogP contribution in [0, 0.1) is 6.42 Å². The van der Waals surface area contributed by atoms with Crippen LogP contribution in [0.1, 0.15) is 18.5 Å². The molecule has 0 saturated heterocycles. The van der Waals surface area contributed by atoms with Crippen LogP contribution in [0.2, 0.25) is 5.02 Å². The molecule has 2 atom stereocenters. The van der Waals surface area contributed by atoms with Gasteiger partial charge >= 0.3 is 0 Å². The Hall–Kier alpha value is -1.84. The third kappa shape index (κ3) is 2.94. The number of nitrogens with two attached hydrogens (primary N) is 1. The van der Waals surface area contributed by atoms with Gasteiger partial charge in [0.05, 0.1) is 17.8 Å². The molecule has 1 aromatic heterocycles. The lowest BCUT2D eigenvalue weighted by Crippen LogP contribution is -2.24. The van der Waals surface area contributed by atoms with Gasteiger partial charge in [0.1, 0.15) is 0 Å². The Kier molecular flexibility index (Phi) is 3.95. The maximum Gasteiger partial charge on any atom is 0.0822 e. The van der Waals surface area contributed by atoms with Crippen molar-refractivity contribution in [3.63, 3.8) is 0 Å². The van der Waals surface area contributed by atoms with Crippen molar-refractivity contribution in [3.8, 4) is 0 Å². The third-order valence-electron chi connectivity index (χ3n) is 3.47. The van der Waals surface area contributed by atoms with E-state index in [1.165, 1.54) is 0 Å². The van der Waals surface area contributed by atoms with E-state index in [4.69, 9.17) is 17.3 Å². The van der Waals surface area contributed by atoms with Gasteiger partial charge in [-0.05, 0) is 30.7 Å². The Morgan fingerprint density at radius 2 is 1.86 bits per heavy atom. The van der Waals surface area contributed by atoms with E-state index in [0.717, 1.165) is 21.5 Å². The van der Waals surface area contributed by atoms with E-state index in [2.05, 4.69) is 23.7 Å². The summed E-state index contributed by atoms with van der Waals surface area (Å²) in [6.45, 7) is 1.97. The smallest absolute Gasteiger partial charge is 0.0822 e. The van der Waals surface area contributed by atoms with E-state index in [1.54, 1.807) is 0 Å². The van der Waals surface area contributed by atoms with E-state index in [-0.39, 0.29) is 12.1 Å². The van der Waals surface area contributed by atoms with Crippen LogP contribution in [0.25, 0.3) is 10.9 Å². The molecule has 3 nitrogen and oxygen atoms in total. The van der Waals surface area contributed by atoms with Gasteiger partial charge in [-0.3, -0.25) is 4.68 Å². The summed E-state index contributed by atoms with van der Waals surface area (Å²) in [5.74, 6) is 0. The molecule has 2 unspecified atom stereocenters. The standard InChI is InChI=1S/C17H17ClN3/c1-12(19)10-17(13-6-8-15(18)9-7-13)21-16-5-3-2-4-14(16)11-20-21/h2-12,17H,19H2,1H3. The first-order valence-corrected chi connectivity index (χ1v) is 7.31. The molecule has 0 fully saturated rings. The molecule has 0 aliphatic rings. The van der Waals surface area contributed by atoms with Crippen LogP contribution in [0.3, 0.4) is 0 Å². The second kappa shape index (κ2) is 5.88. The lowest BCUT2D eigenvalue weighted by molar-refractivity contribution is 0.565. The number of benzene rings is 2. The number of aromatic nitrogens is 2. The van der Waals surface area contributed by atoms with E-state index >= 15 is 0 Å². The maximum atomic E-state index is 5.99. The highest BCUT2D eigenvalue weighted by molar-refractivity contribution is 6.30. The first kappa shape index (κ1) is 14.1. The maximum absolute atomic E-state index is 5.99. The van der Waals surface area contributed by atoms with Crippen LogP contribution in [0.4, 0.5) is 0 Å². The molecule has 2 aromatic carbocycles. The molecule has 2 N–H and O–H groups in total. The molecule has 0 spiro atoms. The van der Waals surface area contributed by atoms with E-state index in [0.29, 0.717) is 0 Å². The summed E-state index contributed by atoms with van der Waals surface area (Å²) in [6.07, 6.45) is 3.97. The fourth-order valence-corrected chi connectivity index (χ4v) is 2.62. The number of halogens is 1. The van der Waals surface area contributed by atoms with Crippen molar-refractivity contribution >= 4 is 22.5 Å². The van der Waals surface area contributed by atoms with Gasteiger partial charge in [0.25, 0.3) is 0 Å². The summed E-state index contributed by atoms with van der Waals surface area (Å²) in [4.78, 5) is 0. The molecule has 0 aliphatic heterocycles. The van der Waals surface area contributed by atoms with Crippen LogP contribution < -0.4 is 5.73 Å². The number of nitrogens with zero attached hydrogens (tertiary/aromatic N) is 2. The molecule has 1 radical (unpaired) electrons. The summed E-state index contributed by atoms with van der Waals surface area (Å²) in [5.41, 5.74) is 8.20. The van der Waals surface area contributed by atoms with Crippen molar-refractivity contribution < 1.29 is 0 Å². The van der Waals surface area contributed by atoms with E-state index in [1.807, 2.05) is 54.2 Å². The Morgan fingerprint density at radius 1 is 1.14 bits per heavy atom. The number of para-hydroxylation sites is 1. The van der Waals surface area contributed by atoms with Crippen molar-refractivity contribution in [2.45, 2.75) is 19.0 Å². The molecular weight excluding hydrogens is 282 g/mol. The molecule has 3 rings (SSSR count). The van der Waals surface area contributed by atoms with Gasteiger partial charge < -0.3 is 5.73 Å². The fourth-order valence-electron chi connectivity index (χ4n) is 2.49. The van der Waals surface area contributed by atoms with Gasteiger partial charge in [-0.2, -0.15) is 5.10 Å². The minimum Gasteiger partial charge on any atom is -0.328 e. The van der Waals surface area contributed by atoms with E-state index < -0.39 is 0 Å². The fraction of sp³-hybridized carbons (Fsp3) is 0.176. The minimum absolute atomic E-state index is 0.0119. The lowest BCUT2D eigenvalue weighted by Gasteiger charge is -2.21. The molecule has 0 saturated carbocycles. The number of hydrogen-bond donors (Lipinski definition) is 1. The zero-order valence-corrected chi connectivity index (χ0v) is 12.5.